The summed E-state index contributed by atoms with van der Waals surface area (Å²) in [7, 11) is -1.77. The van der Waals surface area contributed by atoms with Crippen LogP contribution in [0.1, 0.15) is 36.7 Å². The van der Waals surface area contributed by atoms with E-state index in [4.69, 9.17) is 27.4 Å². The van der Waals surface area contributed by atoms with Gasteiger partial charge in [-0.1, -0.05) is 23.7 Å². The number of carbonyl (C=O) groups excluding carboxylic acids is 1. The number of unbranched alkanes of at least 4 members (excludes halogenated alkanes) is 1. The molecule has 27 heavy (non-hydrogen) atoms. The third kappa shape index (κ3) is 7.61. The predicted octanol–water partition coefficient (Wildman–Crippen LogP) is -0.201. The fraction of sp³-hybridized carbons (Fsp3) is 0.467. The number of hydrogen-bond donors (Lipinski definition) is 4. The first-order valence-corrected chi connectivity index (χ1v) is 8.84. The quantitative estimate of drug-likeness (QED) is 0.301. The molecule has 0 radical (unpaired) electrons. The Morgan fingerprint density at radius 2 is 2.07 bits per heavy atom. The topological polar surface area (TPSA) is 148 Å². The fourth-order valence-electron chi connectivity index (χ4n) is 2.37. The molecule has 0 unspecified atom stereocenters. The monoisotopic (exact) mass is 396 g/mol. The van der Waals surface area contributed by atoms with E-state index in [9.17, 15) is 4.79 Å². The molecule has 1 atom stereocenters. The Balaban J connectivity index is 1.77. The van der Waals surface area contributed by atoms with Gasteiger partial charge in [-0.25, -0.2) is 4.68 Å². The number of nitrogens with two attached hydrogens (primary N) is 1. The molecule has 1 heterocycles. The van der Waals surface area contributed by atoms with Gasteiger partial charge in [-0.05, 0) is 47.4 Å². The van der Waals surface area contributed by atoms with Crippen LogP contribution in [0.5, 0.6) is 0 Å². The zero-order valence-corrected chi connectivity index (χ0v) is 15.4. The van der Waals surface area contributed by atoms with Gasteiger partial charge in [0.25, 0.3) is 0 Å². The minimum atomic E-state index is -1.77. The van der Waals surface area contributed by atoms with Crippen molar-refractivity contribution in [3.63, 3.8) is 0 Å². The molecular weight excluding hydrogens is 374 g/mol. The molecule has 12 heteroatoms. The number of tetrazole rings is 1. The number of amides is 1. The molecule has 10 nitrogen and oxygen atoms in total. The zero-order chi connectivity index (χ0) is 19.6. The van der Waals surface area contributed by atoms with Gasteiger partial charge in [0.2, 0.25) is 5.91 Å². The summed E-state index contributed by atoms with van der Waals surface area (Å²) in [5, 5.41) is 31.9. The average molecular weight is 397 g/mol. The summed E-state index contributed by atoms with van der Waals surface area (Å²) in [6, 6.07) is 6.74. The lowest BCUT2D eigenvalue weighted by atomic mass is 10.1. The van der Waals surface area contributed by atoms with Gasteiger partial charge in [0.15, 0.2) is 5.82 Å². The van der Waals surface area contributed by atoms with Crippen molar-refractivity contribution in [2.24, 2.45) is 5.73 Å². The summed E-state index contributed by atoms with van der Waals surface area (Å²) in [5.41, 5.74) is 7.02. The van der Waals surface area contributed by atoms with Gasteiger partial charge < -0.3 is 25.8 Å². The van der Waals surface area contributed by atoms with Gasteiger partial charge in [-0.3, -0.25) is 4.79 Å². The zero-order valence-electron chi connectivity index (χ0n) is 14.7. The van der Waals surface area contributed by atoms with E-state index < -0.39 is 13.4 Å². The Labute approximate surface area is 161 Å². The number of nitrogens with one attached hydrogen (secondary N) is 1. The Kier molecular flexibility index (Phi) is 8.62. The normalized spacial score (nSPS) is 12.0. The first kappa shape index (κ1) is 21.3. The van der Waals surface area contributed by atoms with E-state index in [0.717, 1.165) is 5.56 Å². The molecule has 0 saturated heterocycles. The highest BCUT2D eigenvalue weighted by atomic mass is 35.5. The summed E-state index contributed by atoms with van der Waals surface area (Å²) in [4.78, 5) is 12.1. The van der Waals surface area contributed by atoms with Crippen molar-refractivity contribution in [3.05, 3.63) is 40.7 Å². The number of halogens is 1. The van der Waals surface area contributed by atoms with Crippen LogP contribution in [0, 0.1) is 0 Å². The number of carbonyl (C=O) groups is 1. The first-order valence-electron chi connectivity index (χ1n) is 8.46. The highest BCUT2D eigenvalue weighted by Gasteiger charge is 2.17. The van der Waals surface area contributed by atoms with Gasteiger partial charge in [-0.15, -0.1) is 5.10 Å². The molecule has 0 aliphatic heterocycles. The van der Waals surface area contributed by atoms with E-state index >= 15 is 0 Å². The van der Waals surface area contributed by atoms with Crippen LogP contribution in [-0.2, 0) is 22.5 Å². The van der Waals surface area contributed by atoms with Crippen molar-refractivity contribution in [3.8, 4) is 0 Å². The molecule has 0 aliphatic rings. The van der Waals surface area contributed by atoms with Gasteiger partial charge in [0.1, 0.15) is 6.54 Å². The number of benzene rings is 1. The van der Waals surface area contributed by atoms with Gasteiger partial charge in [-0.2, -0.15) is 0 Å². The Bertz CT molecular complexity index is 715. The first-order chi connectivity index (χ1) is 13.0. The molecule has 2 rings (SSSR count). The standard InChI is InChI=1S/C15H22BClN6O4/c17-12-6-4-11(5-7-12)9-19-14(24)10-23-15(20-21-22-23)13(18)3-1-2-8-27-16(25)26/h4-7,13,25-26H,1-3,8-10,18H2,(H,19,24)/t13-/m0/s1. The van der Waals surface area contributed by atoms with Crippen molar-refractivity contribution in [2.75, 3.05) is 6.61 Å². The van der Waals surface area contributed by atoms with Crippen LogP contribution in [0.25, 0.3) is 0 Å². The van der Waals surface area contributed by atoms with Crippen molar-refractivity contribution >= 4 is 24.8 Å². The highest BCUT2D eigenvalue weighted by Crippen LogP contribution is 2.14. The second-order valence-corrected chi connectivity index (χ2v) is 6.33. The van der Waals surface area contributed by atoms with E-state index in [1.165, 1.54) is 4.68 Å². The average Bonchev–Trinajstić information content (AvgIpc) is 3.08. The molecule has 1 aromatic heterocycles. The molecule has 0 fully saturated rings. The van der Waals surface area contributed by atoms with E-state index in [0.29, 0.717) is 36.7 Å². The van der Waals surface area contributed by atoms with Crippen LogP contribution in [0.4, 0.5) is 0 Å². The minimum Gasteiger partial charge on any atom is -0.402 e. The second-order valence-electron chi connectivity index (χ2n) is 5.90. The molecule has 5 N–H and O–H groups in total. The van der Waals surface area contributed by atoms with Gasteiger partial charge in [0.05, 0.1) is 6.04 Å². The van der Waals surface area contributed by atoms with Crippen LogP contribution < -0.4 is 11.1 Å². The van der Waals surface area contributed by atoms with Crippen LogP contribution in [0.15, 0.2) is 24.3 Å². The maximum atomic E-state index is 12.1. The summed E-state index contributed by atoms with van der Waals surface area (Å²) in [5.74, 6) is 0.177. The SMILES string of the molecule is N[C@@H](CCCCOB(O)O)c1nnnn1CC(=O)NCc1ccc(Cl)cc1. The van der Waals surface area contributed by atoms with Gasteiger partial charge >= 0.3 is 7.32 Å². The lowest BCUT2D eigenvalue weighted by Gasteiger charge is -2.12. The van der Waals surface area contributed by atoms with E-state index in [-0.39, 0.29) is 19.1 Å². The number of hydrogen-bond acceptors (Lipinski definition) is 8. The molecule has 0 saturated carbocycles. The van der Waals surface area contributed by atoms with Crippen molar-refractivity contribution in [1.82, 2.24) is 25.5 Å². The Morgan fingerprint density at radius 1 is 1.33 bits per heavy atom. The van der Waals surface area contributed by atoms with E-state index in [2.05, 4.69) is 25.5 Å². The van der Waals surface area contributed by atoms with Crippen molar-refractivity contribution in [1.29, 1.82) is 0 Å². The summed E-state index contributed by atoms with van der Waals surface area (Å²) < 4.78 is 6.00. The molecule has 1 aromatic carbocycles. The van der Waals surface area contributed by atoms with E-state index in [1.54, 1.807) is 12.1 Å². The van der Waals surface area contributed by atoms with Crippen LogP contribution in [0.3, 0.4) is 0 Å². The third-order valence-corrected chi connectivity index (χ3v) is 4.02. The number of aromatic nitrogens is 4. The van der Waals surface area contributed by atoms with Crippen LogP contribution in [-0.4, -0.2) is 50.1 Å². The minimum absolute atomic E-state index is 0.0383. The highest BCUT2D eigenvalue weighted by molar-refractivity contribution is 6.32. The molecular formula is C15H22BClN6O4. The summed E-state index contributed by atoms with van der Waals surface area (Å²) in [6.07, 6.45) is 1.86. The Hall–Kier alpha value is -2.05. The second kappa shape index (κ2) is 10.9. The Morgan fingerprint density at radius 3 is 2.78 bits per heavy atom. The molecule has 0 aliphatic carbocycles. The third-order valence-electron chi connectivity index (χ3n) is 3.76. The van der Waals surface area contributed by atoms with Crippen LogP contribution in [0.2, 0.25) is 5.02 Å². The lowest BCUT2D eigenvalue weighted by molar-refractivity contribution is -0.122. The van der Waals surface area contributed by atoms with Crippen molar-refractivity contribution < 1.29 is 19.5 Å². The predicted molar refractivity (Wildman–Crippen MR) is 98.0 cm³/mol. The largest absolute Gasteiger partial charge is 0.633 e. The maximum Gasteiger partial charge on any atom is 0.633 e. The number of rotatable bonds is 11. The molecule has 1 amide bonds. The number of nitrogens with zero attached hydrogens (tertiary/aromatic N) is 4. The van der Waals surface area contributed by atoms with E-state index in [1.807, 2.05) is 12.1 Å². The van der Waals surface area contributed by atoms with Gasteiger partial charge in [0, 0.05) is 18.2 Å². The molecule has 0 spiro atoms. The van der Waals surface area contributed by atoms with Crippen molar-refractivity contribution in [2.45, 2.75) is 38.4 Å². The molecule has 0 bridgehead atoms. The summed E-state index contributed by atoms with van der Waals surface area (Å²) in [6.45, 7) is 0.544. The van der Waals surface area contributed by atoms with Crippen LogP contribution >= 0.6 is 11.6 Å². The smallest absolute Gasteiger partial charge is 0.402 e. The maximum absolute atomic E-state index is 12.1. The fourth-order valence-corrected chi connectivity index (χ4v) is 2.49. The molecule has 146 valence electrons. The molecule has 2 aromatic rings. The lowest BCUT2D eigenvalue weighted by Crippen LogP contribution is -2.29. The summed E-state index contributed by atoms with van der Waals surface area (Å²) >= 11 is 5.83.